The van der Waals surface area contributed by atoms with Crippen LogP contribution in [0.5, 0.6) is 0 Å². The summed E-state index contributed by atoms with van der Waals surface area (Å²) in [6.45, 7) is 4.40. The van der Waals surface area contributed by atoms with Crippen LogP contribution < -0.4 is 0 Å². The molecule has 0 saturated heterocycles. The van der Waals surface area contributed by atoms with Crippen LogP contribution in [0.25, 0.3) is 0 Å². The Morgan fingerprint density at radius 2 is 1.92 bits per heavy atom. The summed E-state index contributed by atoms with van der Waals surface area (Å²) in [6.07, 6.45) is 2.52. The van der Waals surface area contributed by atoms with E-state index in [1.165, 1.54) is 11.8 Å². The van der Waals surface area contributed by atoms with E-state index in [4.69, 9.17) is 5.21 Å². The minimum Gasteiger partial charge on any atom is -0.411 e. The molecule has 1 N–H and O–H groups in total. The zero-order valence-corrected chi connectivity index (χ0v) is 8.07. The predicted molar refractivity (Wildman–Crippen MR) is 54.4 cm³/mol. The van der Waals surface area contributed by atoms with Crippen LogP contribution in [0.3, 0.4) is 0 Å². The minimum absolute atomic E-state index is 0.678. The molecule has 2 heteroatoms. The van der Waals surface area contributed by atoms with Crippen molar-refractivity contribution in [2.45, 2.75) is 20.3 Å². The molecule has 0 heterocycles. The number of hydrogen-bond donors (Lipinski definition) is 1. The van der Waals surface area contributed by atoms with Crippen LogP contribution in [0, 0.1) is 5.92 Å². The summed E-state index contributed by atoms with van der Waals surface area (Å²) < 4.78 is 0. The molecule has 0 aromatic heterocycles. The van der Waals surface area contributed by atoms with E-state index >= 15 is 0 Å². The lowest BCUT2D eigenvalue weighted by molar-refractivity contribution is 0.322. The highest BCUT2D eigenvalue weighted by Gasteiger charge is 1.96. The zero-order valence-electron chi connectivity index (χ0n) is 8.07. The standard InChI is InChI=1S/C11H15NO/c1-9(2)7-10-3-5-11(6-4-10)8-12-13/h3-6,8-9,13H,7H2,1-2H3/b12-8-. The lowest BCUT2D eigenvalue weighted by Crippen LogP contribution is -1.93. The fourth-order valence-electron chi connectivity index (χ4n) is 1.28. The van der Waals surface area contributed by atoms with Crippen LogP contribution in [0.1, 0.15) is 25.0 Å². The summed E-state index contributed by atoms with van der Waals surface area (Å²) >= 11 is 0. The van der Waals surface area contributed by atoms with Gasteiger partial charge >= 0.3 is 0 Å². The lowest BCUT2D eigenvalue weighted by Gasteiger charge is -2.04. The van der Waals surface area contributed by atoms with E-state index < -0.39 is 0 Å². The van der Waals surface area contributed by atoms with Crippen LogP contribution in [0.4, 0.5) is 0 Å². The first-order chi connectivity index (χ1) is 6.22. The van der Waals surface area contributed by atoms with Gasteiger partial charge in [0.2, 0.25) is 0 Å². The maximum absolute atomic E-state index is 8.30. The Labute approximate surface area is 78.9 Å². The van der Waals surface area contributed by atoms with Crippen LogP contribution in [0.2, 0.25) is 0 Å². The highest BCUT2D eigenvalue weighted by molar-refractivity contribution is 5.78. The largest absolute Gasteiger partial charge is 0.411 e. The van der Waals surface area contributed by atoms with Crippen molar-refractivity contribution < 1.29 is 5.21 Å². The summed E-state index contributed by atoms with van der Waals surface area (Å²) in [7, 11) is 0. The molecule has 2 nitrogen and oxygen atoms in total. The lowest BCUT2D eigenvalue weighted by atomic mass is 10.0. The van der Waals surface area contributed by atoms with Gasteiger partial charge in [-0.3, -0.25) is 0 Å². The van der Waals surface area contributed by atoms with Crippen molar-refractivity contribution in [3.8, 4) is 0 Å². The Kier molecular flexibility index (Phi) is 3.50. The molecule has 13 heavy (non-hydrogen) atoms. The van der Waals surface area contributed by atoms with Crippen molar-refractivity contribution >= 4 is 6.21 Å². The molecule has 0 atom stereocenters. The third kappa shape index (κ3) is 3.28. The van der Waals surface area contributed by atoms with Gasteiger partial charge in [0.05, 0.1) is 6.21 Å². The van der Waals surface area contributed by atoms with Gasteiger partial charge < -0.3 is 5.21 Å². The first-order valence-corrected chi connectivity index (χ1v) is 4.48. The molecule has 0 spiro atoms. The molecular formula is C11H15NO. The van der Waals surface area contributed by atoms with Crippen LogP contribution in [-0.2, 0) is 6.42 Å². The van der Waals surface area contributed by atoms with Gasteiger partial charge in [-0.25, -0.2) is 0 Å². The molecule has 0 unspecified atom stereocenters. The fraction of sp³-hybridized carbons (Fsp3) is 0.364. The van der Waals surface area contributed by atoms with Crippen molar-refractivity contribution in [3.05, 3.63) is 35.4 Å². The molecule has 1 rings (SSSR count). The molecule has 0 amide bonds. The molecule has 0 bridgehead atoms. The Morgan fingerprint density at radius 1 is 1.31 bits per heavy atom. The van der Waals surface area contributed by atoms with Gasteiger partial charge in [-0.15, -0.1) is 0 Å². The number of oxime groups is 1. The number of nitrogens with zero attached hydrogens (tertiary/aromatic N) is 1. The van der Waals surface area contributed by atoms with E-state index in [-0.39, 0.29) is 0 Å². The number of benzene rings is 1. The number of rotatable bonds is 3. The Hall–Kier alpha value is -1.31. The quantitative estimate of drug-likeness (QED) is 0.429. The molecule has 0 fully saturated rings. The summed E-state index contributed by atoms with van der Waals surface area (Å²) in [5.74, 6) is 0.678. The summed E-state index contributed by atoms with van der Waals surface area (Å²) in [4.78, 5) is 0. The van der Waals surface area contributed by atoms with Gasteiger partial charge in [-0.2, -0.15) is 0 Å². The normalized spacial score (nSPS) is 11.3. The smallest absolute Gasteiger partial charge is 0.0733 e. The van der Waals surface area contributed by atoms with E-state index in [1.807, 2.05) is 12.1 Å². The molecule has 70 valence electrons. The van der Waals surface area contributed by atoms with Gasteiger partial charge in [0.15, 0.2) is 0 Å². The number of hydrogen-bond acceptors (Lipinski definition) is 2. The second kappa shape index (κ2) is 4.65. The van der Waals surface area contributed by atoms with Gasteiger partial charge in [0.1, 0.15) is 0 Å². The van der Waals surface area contributed by atoms with E-state index in [0.717, 1.165) is 12.0 Å². The maximum atomic E-state index is 8.30. The van der Waals surface area contributed by atoms with E-state index in [9.17, 15) is 0 Å². The maximum Gasteiger partial charge on any atom is 0.0733 e. The molecule has 0 saturated carbocycles. The summed E-state index contributed by atoms with van der Waals surface area (Å²) in [5, 5.41) is 11.3. The molecule has 0 aliphatic heterocycles. The second-order valence-electron chi connectivity index (χ2n) is 3.58. The third-order valence-corrected chi connectivity index (χ3v) is 1.83. The summed E-state index contributed by atoms with van der Waals surface area (Å²) in [5.41, 5.74) is 2.25. The highest BCUT2D eigenvalue weighted by Crippen LogP contribution is 2.08. The SMILES string of the molecule is CC(C)Cc1ccc(/C=N\O)cc1. The van der Waals surface area contributed by atoms with Crippen molar-refractivity contribution in [1.29, 1.82) is 0 Å². The van der Waals surface area contributed by atoms with E-state index in [0.29, 0.717) is 5.92 Å². The second-order valence-corrected chi connectivity index (χ2v) is 3.58. The molecule has 1 aromatic carbocycles. The van der Waals surface area contributed by atoms with E-state index in [1.54, 1.807) is 0 Å². The molecule has 1 aromatic rings. The van der Waals surface area contributed by atoms with Crippen molar-refractivity contribution in [3.63, 3.8) is 0 Å². The van der Waals surface area contributed by atoms with Gasteiger partial charge in [-0.1, -0.05) is 43.3 Å². The highest BCUT2D eigenvalue weighted by atomic mass is 16.4. The first kappa shape index (κ1) is 9.78. The third-order valence-electron chi connectivity index (χ3n) is 1.83. The minimum atomic E-state index is 0.678. The Bertz CT molecular complexity index is 275. The van der Waals surface area contributed by atoms with Gasteiger partial charge in [-0.05, 0) is 23.5 Å². The van der Waals surface area contributed by atoms with Crippen LogP contribution in [0.15, 0.2) is 29.4 Å². The Balaban J connectivity index is 2.69. The van der Waals surface area contributed by atoms with Gasteiger partial charge in [0.25, 0.3) is 0 Å². The fourth-order valence-corrected chi connectivity index (χ4v) is 1.28. The van der Waals surface area contributed by atoms with Gasteiger partial charge in [0, 0.05) is 0 Å². The summed E-state index contributed by atoms with van der Waals surface area (Å²) in [6, 6.07) is 8.04. The van der Waals surface area contributed by atoms with Crippen LogP contribution in [-0.4, -0.2) is 11.4 Å². The molecular weight excluding hydrogens is 162 g/mol. The monoisotopic (exact) mass is 177 g/mol. The first-order valence-electron chi connectivity index (χ1n) is 4.48. The van der Waals surface area contributed by atoms with Crippen molar-refractivity contribution in [2.75, 3.05) is 0 Å². The average molecular weight is 177 g/mol. The average Bonchev–Trinajstić information content (AvgIpc) is 2.08. The Morgan fingerprint density at radius 3 is 2.38 bits per heavy atom. The predicted octanol–water partition coefficient (Wildman–Crippen LogP) is 2.69. The zero-order chi connectivity index (χ0) is 9.68. The van der Waals surface area contributed by atoms with Crippen molar-refractivity contribution in [2.24, 2.45) is 11.1 Å². The molecule has 0 aliphatic rings. The van der Waals surface area contributed by atoms with Crippen molar-refractivity contribution in [1.82, 2.24) is 0 Å². The molecule has 0 aliphatic carbocycles. The molecule has 0 radical (unpaired) electrons. The van der Waals surface area contributed by atoms with E-state index in [2.05, 4.69) is 31.1 Å². The van der Waals surface area contributed by atoms with Crippen LogP contribution >= 0.6 is 0 Å². The topological polar surface area (TPSA) is 32.6 Å².